The van der Waals surface area contributed by atoms with E-state index in [1.807, 2.05) is 31.2 Å². The second-order valence-electron chi connectivity index (χ2n) is 6.19. The summed E-state index contributed by atoms with van der Waals surface area (Å²) < 4.78 is 11.4. The lowest BCUT2D eigenvalue weighted by Gasteiger charge is -2.24. The predicted octanol–water partition coefficient (Wildman–Crippen LogP) is 4.56. The summed E-state index contributed by atoms with van der Waals surface area (Å²) in [4.78, 5) is 18.1. The number of nitrogens with two attached hydrogens (primary N) is 2. The van der Waals surface area contributed by atoms with Gasteiger partial charge in [-0.25, -0.2) is 9.78 Å². The number of pyridine rings is 1. The predicted molar refractivity (Wildman–Crippen MR) is 112 cm³/mol. The molecule has 0 fully saturated rings. The van der Waals surface area contributed by atoms with E-state index >= 15 is 0 Å². The standard InChI is InChI=1S/C21H24N4O3/c1-3-13-25(21(26)27-4-2)19-18(11-12-24-20(19)23)28-17-10-9-16(22)14-7-5-6-8-15(14)17/h5-12H,3-4,13,22H2,1-2H3,(H2,23,24). The minimum atomic E-state index is -0.490. The van der Waals surface area contributed by atoms with Crippen LogP contribution in [-0.4, -0.2) is 24.2 Å². The maximum atomic E-state index is 12.5. The summed E-state index contributed by atoms with van der Waals surface area (Å²) in [6, 6.07) is 13.0. The van der Waals surface area contributed by atoms with E-state index in [-0.39, 0.29) is 12.4 Å². The molecule has 0 atom stereocenters. The fraction of sp³-hybridized carbons (Fsp3) is 0.238. The molecule has 0 saturated heterocycles. The van der Waals surface area contributed by atoms with E-state index in [4.69, 9.17) is 20.9 Å². The van der Waals surface area contributed by atoms with Crippen molar-refractivity contribution < 1.29 is 14.3 Å². The van der Waals surface area contributed by atoms with E-state index in [1.54, 1.807) is 31.3 Å². The number of hydrogen-bond acceptors (Lipinski definition) is 6. The zero-order valence-corrected chi connectivity index (χ0v) is 16.0. The zero-order chi connectivity index (χ0) is 20.1. The summed E-state index contributed by atoms with van der Waals surface area (Å²) in [6.45, 7) is 4.41. The number of hydrogen-bond donors (Lipinski definition) is 2. The summed E-state index contributed by atoms with van der Waals surface area (Å²) in [5.74, 6) is 1.22. The topological polar surface area (TPSA) is 104 Å². The highest BCUT2D eigenvalue weighted by molar-refractivity contribution is 5.98. The SMILES string of the molecule is CCCN(C(=O)OCC)c1c(Oc2ccc(N)c3ccccc23)ccnc1N. The van der Waals surface area contributed by atoms with Gasteiger partial charge in [0.2, 0.25) is 0 Å². The van der Waals surface area contributed by atoms with Crippen molar-refractivity contribution in [1.29, 1.82) is 0 Å². The Morgan fingerprint density at radius 2 is 1.79 bits per heavy atom. The van der Waals surface area contributed by atoms with E-state index < -0.39 is 6.09 Å². The molecule has 0 spiro atoms. The lowest BCUT2D eigenvalue weighted by Crippen LogP contribution is -2.33. The van der Waals surface area contributed by atoms with E-state index in [0.29, 0.717) is 29.4 Å². The van der Waals surface area contributed by atoms with Gasteiger partial charge in [0.25, 0.3) is 0 Å². The number of ether oxygens (including phenoxy) is 2. The van der Waals surface area contributed by atoms with E-state index in [2.05, 4.69) is 4.98 Å². The number of nitrogens with zero attached hydrogens (tertiary/aromatic N) is 2. The third-order valence-electron chi connectivity index (χ3n) is 4.26. The van der Waals surface area contributed by atoms with Crippen LogP contribution in [0.25, 0.3) is 10.8 Å². The summed E-state index contributed by atoms with van der Waals surface area (Å²) in [5, 5.41) is 1.75. The number of rotatable bonds is 6. The Bertz CT molecular complexity index is 991. The number of carbonyl (C=O) groups excluding carboxylic acids is 1. The summed E-state index contributed by atoms with van der Waals surface area (Å²) in [5.41, 5.74) is 13.3. The van der Waals surface area contributed by atoms with Crippen molar-refractivity contribution in [2.75, 3.05) is 29.5 Å². The van der Waals surface area contributed by atoms with Crippen LogP contribution >= 0.6 is 0 Å². The zero-order valence-electron chi connectivity index (χ0n) is 16.0. The normalized spacial score (nSPS) is 10.6. The molecule has 7 nitrogen and oxygen atoms in total. The molecule has 1 aromatic heterocycles. The second-order valence-corrected chi connectivity index (χ2v) is 6.19. The van der Waals surface area contributed by atoms with Gasteiger partial charge in [0.15, 0.2) is 11.6 Å². The molecule has 28 heavy (non-hydrogen) atoms. The lowest BCUT2D eigenvalue weighted by atomic mass is 10.1. The van der Waals surface area contributed by atoms with Gasteiger partial charge in [0.05, 0.1) is 6.61 Å². The molecular formula is C21H24N4O3. The van der Waals surface area contributed by atoms with Gasteiger partial charge < -0.3 is 20.9 Å². The molecular weight excluding hydrogens is 356 g/mol. The average molecular weight is 380 g/mol. The molecule has 146 valence electrons. The molecule has 0 aliphatic heterocycles. The second kappa shape index (κ2) is 8.47. The molecule has 7 heteroatoms. The first-order valence-electron chi connectivity index (χ1n) is 9.20. The molecule has 1 heterocycles. The van der Waals surface area contributed by atoms with Crippen molar-refractivity contribution in [3.63, 3.8) is 0 Å². The van der Waals surface area contributed by atoms with E-state index in [0.717, 1.165) is 17.2 Å². The number of nitrogen functional groups attached to an aromatic ring is 2. The molecule has 3 aromatic rings. The first-order chi connectivity index (χ1) is 13.6. The first-order valence-corrected chi connectivity index (χ1v) is 9.20. The van der Waals surface area contributed by atoms with Crippen molar-refractivity contribution >= 4 is 34.1 Å². The fourth-order valence-corrected chi connectivity index (χ4v) is 3.03. The van der Waals surface area contributed by atoms with Crippen LogP contribution in [0.1, 0.15) is 20.3 Å². The number of aromatic nitrogens is 1. The smallest absolute Gasteiger partial charge is 0.414 e. The Balaban J connectivity index is 2.08. The van der Waals surface area contributed by atoms with Crippen LogP contribution < -0.4 is 21.1 Å². The molecule has 1 amide bonds. The minimum absolute atomic E-state index is 0.193. The quantitative estimate of drug-likeness (QED) is 0.607. The van der Waals surface area contributed by atoms with Crippen LogP contribution in [0.4, 0.5) is 22.0 Å². The Labute approximate surface area is 163 Å². The molecule has 0 radical (unpaired) electrons. The number of amides is 1. The minimum Gasteiger partial charge on any atom is -0.454 e. The van der Waals surface area contributed by atoms with Crippen LogP contribution in [0, 0.1) is 0 Å². The highest BCUT2D eigenvalue weighted by atomic mass is 16.6. The average Bonchev–Trinajstić information content (AvgIpc) is 2.69. The molecule has 0 bridgehead atoms. The maximum absolute atomic E-state index is 12.5. The first kappa shape index (κ1) is 19.3. The van der Waals surface area contributed by atoms with Gasteiger partial charge in [0.1, 0.15) is 11.4 Å². The number of fused-ring (bicyclic) bond motifs is 1. The number of benzene rings is 2. The molecule has 0 aliphatic rings. The van der Waals surface area contributed by atoms with Crippen LogP contribution in [0.3, 0.4) is 0 Å². The molecule has 2 aromatic carbocycles. The van der Waals surface area contributed by atoms with Crippen LogP contribution in [0.2, 0.25) is 0 Å². The highest BCUT2D eigenvalue weighted by Crippen LogP contribution is 2.39. The Kier molecular flexibility index (Phi) is 5.84. The van der Waals surface area contributed by atoms with Crippen molar-refractivity contribution in [3.8, 4) is 11.5 Å². The Hall–Kier alpha value is -3.48. The van der Waals surface area contributed by atoms with Crippen LogP contribution in [0.5, 0.6) is 11.5 Å². The molecule has 0 unspecified atom stereocenters. The van der Waals surface area contributed by atoms with Gasteiger partial charge in [0, 0.05) is 35.3 Å². The monoisotopic (exact) mass is 380 g/mol. The molecule has 0 saturated carbocycles. The largest absolute Gasteiger partial charge is 0.454 e. The number of anilines is 3. The maximum Gasteiger partial charge on any atom is 0.414 e. The summed E-state index contributed by atoms with van der Waals surface area (Å²) in [6.07, 6.45) is 1.77. The molecule has 3 rings (SSSR count). The fourth-order valence-electron chi connectivity index (χ4n) is 3.03. The van der Waals surface area contributed by atoms with Crippen molar-refractivity contribution in [1.82, 2.24) is 4.98 Å². The van der Waals surface area contributed by atoms with Crippen LogP contribution in [0.15, 0.2) is 48.7 Å². The summed E-state index contributed by atoms with van der Waals surface area (Å²) in [7, 11) is 0. The van der Waals surface area contributed by atoms with Gasteiger partial charge in [-0.2, -0.15) is 0 Å². The third-order valence-corrected chi connectivity index (χ3v) is 4.26. The number of carbonyl (C=O) groups is 1. The van der Waals surface area contributed by atoms with E-state index in [1.165, 1.54) is 4.90 Å². The molecule has 0 aliphatic carbocycles. The Morgan fingerprint density at radius 3 is 2.50 bits per heavy atom. The van der Waals surface area contributed by atoms with Gasteiger partial charge in [-0.05, 0) is 25.5 Å². The lowest BCUT2D eigenvalue weighted by molar-refractivity contribution is 0.159. The van der Waals surface area contributed by atoms with Gasteiger partial charge in [-0.3, -0.25) is 4.90 Å². The van der Waals surface area contributed by atoms with Crippen molar-refractivity contribution in [3.05, 3.63) is 48.7 Å². The van der Waals surface area contributed by atoms with E-state index in [9.17, 15) is 4.79 Å². The summed E-state index contributed by atoms with van der Waals surface area (Å²) >= 11 is 0. The molecule has 4 N–H and O–H groups in total. The highest BCUT2D eigenvalue weighted by Gasteiger charge is 2.24. The van der Waals surface area contributed by atoms with Crippen molar-refractivity contribution in [2.45, 2.75) is 20.3 Å². The van der Waals surface area contributed by atoms with Gasteiger partial charge in [-0.15, -0.1) is 0 Å². The third kappa shape index (κ3) is 3.78. The van der Waals surface area contributed by atoms with Crippen molar-refractivity contribution in [2.24, 2.45) is 0 Å². The van der Waals surface area contributed by atoms with Gasteiger partial charge in [-0.1, -0.05) is 31.2 Å². The van der Waals surface area contributed by atoms with Gasteiger partial charge >= 0.3 is 6.09 Å². The van der Waals surface area contributed by atoms with Crippen LogP contribution in [-0.2, 0) is 4.74 Å². The Morgan fingerprint density at radius 1 is 1.04 bits per heavy atom.